The molecule has 14 heteroatoms. The van der Waals surface area contributed by atoms with Crippen LogP contribution in [0, 0.1) is 0 Å². The van der Waals surface area contributed by atoms with E-state index in [4.69, 9.17) is 36.0 Å². The average Bonchev–Trinajstić information content (AvgIpc) is 3.73. The average molecular weight is 685 g/mol. The predicted molar refractivity (Wildman–Crippen MR) is 170 cm³/mol. The highest BCUT2D eigenvalue weighted by Gasteiger charge is 2.44. The van der Waals surface area contributed by atoms with Crippen LogP contribution in [0.3, 0.4) is 0 Å². The number of carbonyl (C=O) groups is 2. The quantitative estimate of drug-likeness (QED) is 0.287. The van der Waals surface area contributed by atoms with Gasteiger partial charge in [0.25, 0.3) is 0 Å². The summed E-state index contributed by atoms with van der Waals surface area (Å²) in [5.74, 6) is -1.15. The van der Waals surface area contributed by atoms with E-state index in [0.717, 1.165) is 44.3 Å². The van der Waals surface area contributed by atoms with Crippen LogP contribution in [0.25, 0.3) is 0 Å². The van der Waals surface area contributed by atoms with Crippen molar-refractivity contribution in [1.82, 2.24) is 14.7 Å². The molecule has 3 aliphatic rings. The van der Waals surface area contributed by atoms with Gasteiger partial charge in [-0.05, 0) is 75.0 Å². The molecule has 2 fully saturated rings. The summed E-state index contributed by atoms with van der Waals surface area (Å²) < 4.78 is 56.1. The van der Waals surface area contributed by atoms with Crippen LogP contribution in [-0.4, -0.2) is 102 Å². The van der Waals surface area contributed by atoms with Crippen LogP contribution in [0.4, 0.5) is 22.4 Å². The number of methoxy groups -OCH3 is 1. The number of urea groups is 1. The topological polar surface area (TPSA) is 94.9 Å². The number of likely N-dealkylation sites (tertiary alicyclic amines) is 2. The molecule has 2 aromatic carbocycles. The van der Waals surface area contributed by atoms with Crippen molar-refractivity contribution in [1.29, 1.82) is 0 Å². The summed E-state index contributed by atoms with van der Waals surface area (Å²) in [7, 11) is 1.58. The summed E-state index contributed by atoms with van der Waals surface area (Å²) in [6.45, 7) is 5.17. The summed E-state index contributed by atoms with van der Waals surface area (Å²) in [5.41, 5.74) is 1.65. The molecule has 9 nitrogen and oxygen atoms in total. The Bertz CT molecular complexity index is 1380. The fourth-order valence-electron chi connectivity index (χ4n) is 6.32. The molecule has 0 spiro atoms. The van der Waals surface area contributed by atoms with Crippen molar-refractivity contribution < 1.29 is 41.7 Å². The van der Waals surface area contributed by atoms with Crippen molar-refractivity contribution in [2.24, 2.45) is 4.99 Å². The number of nitrogens with zero attached hydrogens (tertiary/aromatic N) is 4. The lowest BCUT2D eigenvalue weighted by Gasteiger charge is -2.40. The molecule has 2 saturated heterocycles. The van der Waals surface area contributed by atoms with Crippen LogP contribution in [0.1, 0.15) is 62.6 Å². The summed E-state index contributed by atoms with van der Waals surface area (Å²) in [6.07, 6.45) is 1.13. The number of carboxylic acids is 1. The number of benzene rings is 2. The number of aliphatic imine (C=N–C) groups is 1. The van der Waals surface area contributed by atoms with Crippen molar-refractivity contribution in [3.63, 3.8) is 0 Å². The van der Waals surface area contributed by atoms with Crippen molar-refractivity contribution in [3.05, 3.63) is 58.6 Å². The van der Waals surface area contributed by atoms with E-state index in [9.17, 15) is 22.4 Å². The van der Waals surface area contributed by atoms with Gasteiger partial charge in [-0.2, -0.15) is 13.2 Å². The van der Waals surface area contributed by atoms with Crippen LogP contribution >= 0.6 is 11.6 Å². The van der Waals surface area contributed by atoms with Crippen LogP contribution in [0.5, 0.6) is 11.5 Å². The Morgan fingerprint density at radius 1 is 1.04 bits per heavy atom. The van der Waals surface area contributed by atoms with E-state index < -0.39 is 18.8 Å². The molecule has 0 bridgehead atoms. The van der Waals surface area contributed by atoms with E-state index in [1.807, 2.05) is 46.2 Å². The van der Waals surface area contributed by atoms with Gasteiger partial charge in [0, 0.05) is 30.2 Å². The van der Waals surface area contributed by atoms with Gasteiger partial charge in [-0.15, -0.1) is 0 Å². The summed E-state index contributed by atoms with van der Waals surface area (Å²) in [5, 5.41) is 7.77. The second-order valence-electron chi connectivity index (χ2n) is 11.6. The monoisotopic (exact) mass is 684 g/mol. The highest BCUT2D eigenvalue weighted by Crippen LogP contribution is 2.40. The molecular weight excluding hydrogens is 644 g/mol. The highest BCUT2D eigenvalue weighted by atomic mass is 35.5. The zero-order chi connectivity index (χ0) is 34.1. The fourth-order valence-corrected chi connectivity index (χ4v) is 6.44. The minimum Gasteiger partial charge on any atom is -0.497 e. The van der Waals surface area contributed by atoms with Gasteiger partial charge in [0.05, 0.1) is 24.8 Å². The Labute approximate surface area is 277 Å². The smallest absolute Gasteiger partial charge is 0.490 e. The first kappa shape index (κ1) is 36.3. The molecular formula is C33H41ClF4N4O5. The number of amidine groups is 1. The van der Waals surface area contributed by atoms with Crippen molar-refractivity contribution in [2.75, 3.05) is 46.6 Å². The minimum absolute atomic E-state index is 0.0514. The molecule has 2 aromatic rings. The Hall–Kier alpha value is -3.58. The molecule has 3 aliphatic heterocycles. The number of alkyl halides is 4. The predicted octanol–water partition coefficient (Wildman–Crippen LogP) is 6.98. The molecule has 1 N–H and O–H groups in total. The maximum atomic E-state index is 14.5. The van der Waals surface area contributed by atoms with E-state index in [0.29, 0.717) is 47.1 Å². The number of aliphatic carboxylic acids is 1. The number of halogens is 5. The summed E-state index contributed by atoms with van der Waals surface area (Å²) >= 11 is 6.25. The number of hydrogen-bond donors (Lipinski definition) is 1. The lowest BCUT2D eigenvalue weighted by atomic mass is 9.96. The van der Waals surface area contributed by atoms with E-state index in [1.165, 1.54) is 12.8 Å². The van der Waals surface area contributed by atoms with Crippen LogP contribution in [0.15, 0.2) is 47.5 Å². The first-order chi connectivity index (χ1) is 22.5. The van der Waals surface area contributed by atoms with Crippen LogP contribution in [0.2, 0.25) is 5.02 Å². The molecule has 5 rings (SSSR count). The normalized spacial score (nSPS) is 20.4. The van der Waals surface area contributed by atoms with Gasteiger partial charge in [-0.3, -0.25) is 9.89 Å². The number of rotatable bonds is 9. The molecule has 2 unspecified atom stereocenters. The molecule has 0 aromatic heterocycles. The Morgan fingerprint density at radius 2 is 1.68 bits per heavy atom. The third kappa shape index (κ3) is 9.07. The van der Waals surface area contributed by atoms with Gasteiger partial charge in [0.15, 0.2) is 0 Å². The van der Waals surface area contributed by atoms with E-state index in [-0.39, 0.29) is 24.7 Å². The number of amides is 2. The molecule has 0 saturated carbocycles. The third-order valence-electron chi connectivity index (χ3n) is 8.56. The number of carbonyl (C=O) groups excluding carboxylic acids is 1. The molecule has 2 amide bonds. The Morgan fingerprint density at radius 3 is 2.23 bits per heavy atom. The van der Waals surface area contributed by atoms with E-state index in [2.05, 4.69) is 11.8 Å². The molecule has 3 heterocycles. The maximum Gasteiger partial charge on any atom is 0.490 e. The fraction of sp³-hybridized carbons (Fsp3) is 0.545. The number of piperidine rings is 1. The summed E-state index contributed by atoms with van der Waals surface area (Å²) in [4.78, 5) is 34.9. The van der Waals surface area contributed by atoms with Crippen molar-refractivity contribution >= 4 is 29.4 Å². The molecule has 258 valence electrons. The first-order valence-electron chi connectivity index (χ1n) is 15.8. The third-order valence-corrected chi connectivity index (χ3v) is 8.81. The molecule has 47 heavy (non-hydrogen) atoms. The largest absolute Gasteiger partial charge is 0.497 e. The minimum atomic E-state index is -5.08. The Kier molecular flexibility index (Phi) is 12.7. The van der Waals surface area contributed by atoms with Crippen LogP contribution in [-0.2, 0) is 4.79 Å². The van der Waals surface area contributed by atoms with Gasteiger partial charge in [-0.25, -0.2) is 14.0 Å². The molecule has 0 radical (unpaired) electrons. The molecule has 0 aliphatic carbocycles. The molecule has 2 atom stereocenters. The number of carboxylic acid groups (broad SMARTS) is 1. The highest BCUT2D eigenvalue weighted by molar-refractivity contribution is 6.30. The SMILES string of the molecule is CCCC1N=C(c2ccc(OC)cc2OCCF)N(C(=O)N2CCC(N3CCCC3)CC2)C1c1ccc(Cl)cc1.O=C(O)C(F)(F)F. The van der Waals surface area contributed by atoms with Gasteiger partial charge in [-0.1, -0.05) is 37.1 Å². The van der Waals surface area contributed by atoms with Crippen molar-refractivity contribution in [3.8, 4) is 11.5 Å². The lowest BCUT2D eigenvalue weighted by molar-refractivity contribution is -0.192. The van der Waals surface area contributed by atoms with Gasteiger partial charge in [0.1, 0.15) is 30.6 Å². The lowest BCUT2D eigenvalue weighted by Crippen LogP contribution is -2.52. The van der Waals surface area contributed by atoms with E-state index >= 15 is 0 Å². The summed E-state index contributed by atoms with van der Waals surface area (Å²) in [6, 6.07) is 13.2. The second kappa shape index (κ2) is 16.5. The zero-order valence-electron chi connectivity index (χ0n) is 26.5. The van der Waals surface area contributed by atoms with E-state index in [1.54, 1.807) is 13.2 Å². The number of hydrogen-bond acceptors (Lipinski definition) is 6. The van der Waals surface area contributed by atoms with Gasteiger partial charge >= 0.3 is 18.2 Å². The van der Waals surface area contributed by atoms with Crippen molar-refractivity contribution in [2.45, 2.75) is 69.8 Å². The van der Waals surface area contributed by atoms with Crippen LogP contribution < -0.4 is 9.47 Å². The maximum absolute atomic E-state index is 14.5. The standard InChI is InChI=1S/C31H40ClFN4O3.C2HF3O2/c1-3-6-27-29(22-7-9-23(32)10-8-22)37(31(38)36-18-13-24(14-19-36)35-16-4-5-17-35)30(34-27)26-12-11-25(39-2)21-28(26)40-20-15-33;3-2(4,5)1(6)7/h7-12,21,24,27,29H,3-6,13-20H2,1-2H3;(H,6,7). The zero-order valence-corrected chi connectivity index (χ0v) is 27.3. The number of ether oxygens (including phenoxy) is 2. The second-order valence-corrected chi connectivity index (χ2v) is 12.1. The Balaban J connectivity index is 0.000000644. The van der Waals surface area contributed by atoms with Gasteiger partial charge in [0.2, 0.25) is 0 Å². The van der Waals surface area contributed by atoms with Gasteiger partial charge < -0.3 is 24.4 Å². The first-order valence-corrected chi connectivity index (χ1v) is 16.2.